The first-order chi connectivity index (χ1) is 9.44. The van der Waals surface area contributed by atoms with Crippen LogP contribution >= 0.6 is 0 Å². The Morgan fingerprint density at radius 3 is 2.65 bits per heavy atom. The Morgan fingerprint density at radius 1 is 1.35 bits per heavy atom. The number of nitrogens with one attached hydrogen (secondary N) is 2. The van der Waals surface area contributed by atoms with Crippen LogP contribution in [0.1, 0.15) is 18.2 Å². The van der Waals surface area contributed by atoms with Crippen LogP contribution in [-0.2, 0) is 10.0 Å². The Hall–Kier alpha value is -2.02. The van der Waals surface area contributed by atoms with E-state index in [0.717, 1.165) is 5.56 Å². The lowest BCUT2D eigenvalue weighted by Gasteiger charge is -2.11. The summed E-state index contributed by atoms with van der Waals surface area (Å²) >= 11 is 0. The second-order valence-corrected chi connectivity index (χ2v) is 6.03. The first-order valence-corrected chi connectivity index (χ1v) is 7.68. The molecule has 7 heteroatoms. The normalized spacial score (nSPS) is 11.3. The highest BCUT2D eigenvalue weighted by Crippen LogP contribution is 2.24. The number of hydrogen-bond acceptors (Lipinski definition) is 4. The van der Waals surface area contributed by atoms with Gasteiger partial charge in [0.2, 0.25) is 0 Å². The number of aromatic amines is 1. The van der Waals surface area contributed by atoms with Gasteiger partial charge in [0.25, 0.3) is 10.0 Å². The van der Waals surface area contributed by atoms with E-state index in [0.29, 0.717) is 23.7 Å². The summed E-state index contributed by atoms with van der Waals surface area (Å²) in [6, 6.07) is 5.22. The predicted octanol–water partition coefficient (Wildman–Crippen LogP) is 2.23. The average Bonchev–Trinajstić information content (AvgIpc) is 2.80. The van der Waals surface area contributed by atoms with Crippen LogP contribution in [0.25, 0.3) is 0 Å². The minimum absolute atomic E-state index is 0.144. The summed E-state index contributed by atoms with van der Waals surface area (Å²) in [5.74, 6) is 0.715. The highest BCUT2D eigenvalue weighted by Gasteiger charge is 2.19. The Morgan fingerprint density at radius 2 is 2.10 bits per heavy atom. The quantitative estimate of drug-likeness (QED) is 0.886. The molecule has 1 heterocycles. The highest BCUT2D eigenvalue weighted by atomic mass is 32.2. The van der Waals surface area contributed by atoms with E-state index in [1.807, 2.05) is 13.8 Å². The van der Waals surface area contributed by atoms with Crippen molar-refractivity contribution in [1.82, 2.24) is 10.2 Å². The number of benzene rings is 1. The van der Waals surface area contributed by atoms with E-state index in [1.165, 1.54) is 6.20 Å². The third-order valence-electron chi connectivity index (χ3n) is 2.83. The molecule has 6 nitrogen and oxygen atoms in total. The number of rotatable bonds is 5. The lowest BCUT2D eigenvalue weighted by atomic mass is 10.2. The number of H-pyrrole nitrogens is 1. The van der Waals surface area contributed by atoms with Crippen LogP contribution in [0.2, 0.25) is 0 Å². The SMILES string of the molecule is CCOc1ccc(NS(=O)(=O)c2cn[nH]c2C)c(C)c1. The maximum atomic E-state index is 12.2. The number of aromatic nitrogens is 2. The molecule has 0 bridgehead atoms. The van der Waals surface area contributed by atoms with Crippen molar-refractivity contribution in [3.8, 4) is 5.75 Å². The third-order valence-corrected chi connectivity index (χ3v) is 4.31. The molecule has 0 saturated heterocycles. The maximum absolute atomic E-state index is 12.2. The van der Waals surface area contributed by atoms with Crippen molar-refractivity contribution in [2.24, 2.45) is 0 Å². The number of sulfonamides is 1. The first-order valence-electron chi connectivity index (χ1n) is 6.20. The molecule has 0 saturated carbocycles. The molecule has 0 aliphatic heterocycles. The van der Waals surface area contributed by atoms with Gasteiger partial charge in [-0.2, -0.15) is 5.10 Å². The van der Waals surface area contributed by atoms with Crippen LogP contribution in [-0.4, -0.2) is 25.2 Å². The van der Waals surface area contributed by atoms with Crippen molar-refractivity contribution in [3.63, 3.8) is 0 Å². The summed E-state index contributed by atoms with van der Waals surface area (Å²) in [5.41, 5.74) is 1.82. The fourth-order valence-electron chi connectivity index (χ4n) is 1.82. The molecule has 2 aromatic rings. The zero-order valence-corrected chi connectivity index (χ0v) is 12.4. The van der Waals surface area contributed by atoms with Gasteiger partial charge in [0, 0.05) is 0 Å². The Balaban J connectivity index is 2.28. The topological polar surface area (TPSA) is 84.1 Å². The monoisotopic (exact) mass is 295 g/mol. The molecule has 1 aromatic carbocycles. The summed E-state index contributed by atoms with van der Waals surface area (Å²) in [6.07, 6.45) is 1.29. The van der Waals surface area contributed by atoms with Gasteiger partial charge in [-0.1, -0.05) is 0 Å². The lowest BCUT2D eigenvalue weighted by Crippen LogP contribution is -2.14. The molecule has 0 atom stereocenters. The fourth-order valence-corrected chi connectivity index (χ4v) is 3.09. The van der Waals surface area contributed by atoms with Gasteiger partial charge in [-0.25, -0.2) is 8.42 Å². The van der Waals surface area contributed by atoms with Crippen LogP contribution in [0, 0.1) is 13.8 Å². The van der Waals surface area contributed by atoms with Crippen LogP contribution in [0.4, 0.5) is 5.69 Å². The Bertz CT molecular complexity index is 707. The maximum Gasteiger partial charge on any atom is 0.265 e. The zero-order chi connectivity index (χ0) is 14.8. The molecule has 0 fully saturated rings. The number of nitrogens with zero attached hydrogens (tertiary/aromatic N) is 1. The van der Waals surface area contributed by atoms with Crippen molar-refractivity contribution >= 4 is 15.7 Å². The predicted molar refractivity (Wildman–Crippen MR) is 76.5 cm³/mol. The standard InChI is InChI=1S/C13H17N3O3S/c1-4-19-11-5-6-12(9(2)7-11)16-20(17,18)13-8-14-15-10(13)3/h5-8,16H,4H2,1-3H3,(H,14,15). The largest absolute Gasteiger partial charge is 0.494 e. The van der Waals surface area contributed by atoms with Crippen LogP contribution < -0.4 is 9.46 Å². The van der Waals surface area contributed by atoms with Crippen molar-refractivity contribution in [2.75, 3.05) is 11.3 Å². The Kier molecular flexibility index (Phi) is 3.99. The summed E-state index contributed by atoms with van der Waals surface area (Å²) < 4.78 is 32.4. The molecule has 1 aromatic heterocycles. The third kappa shape index (κ3) is 2.93. The first kappa shape index (κ1) is 14.4. The molecule has 20 heavy (non-hydrogen) atoms. The number of ether oxygens (including phenoxy) is 1. The van der Waals surface area contributed by atoms with Gasteiger partial charge in [0.1, 0.15) is 10.6 Å². The van der Waals surface area contributed by atoms with Gasteiger partial charge in [-0.3, -0.25) is 9.82 Å². The van der Waals surface area contributed by atoms with Crippen LogP contribution in [0.15, 0.2) is 29.3 Å². The van der Waals surface area contributed by atoms with E-state index in [4.69, 9.17) is 4.74 Å². The van der Waals surface area contributed by atoms with Crippen LogP contribution in [0.5, 0.6) is 5.75 Å². The van der Waals surface area contributed by atoms with E-state index in [1.54, 1.807) is 25.1 Å². The van der Waals surface area contributed by atoms with Gasteiger partial charge in [-0.15, -0.1) is 0 Å². The molecule has 0 unspecified atom stereocenters. The molecular formula is C13H17N3O3S. The summed E-state index contributed by atoms with van der Waals surface area (Å²) in [7, 11) is -3.63. The summed E-state index contributed by atoms with van der Waals surface area (Å²) in [4.78, 5) is 0.144. The van der Waals surface area contributed by atoms with E-state index in [9.17, 15) is 8.42 Å². The van der Waals surface area contributed by atoms with E-state index < -0.39 is 10.0 Å². The van der Waals surface area contributed by atoms with E-state index in [-0.39, 0.29) is 4.90 Å². The van der Waals surface area contributed by atoms with Crippen molar-refractivity contribution in [1.29, 1.82) is 0 Å². The van der Waals surface area contributed by atoms with E-state index in [2.05, 4.69) is 14.9 Å². The summed E-state index contributed by atoms with van der Waals surface area (Å²) in [5, 5.41) is 6.34. The Labute approximate surface area is 118 Å². The zero-order valence-electron chi connectivity index (χ0n) is 11.6. The number of aryl methyl sites for hydroxylation is 2. The van der Waals surface area contributed by atoms with Crippen molar-refractivity contribution in [2.45, 2.75) is 25.7 Å². The molecule has 0 aliphatic carbocycles. The van der Waals surface area contributed by atoms with Gasteiger partial charge in [0.05, 0.1) is 24.2 Å². The second kappa shape index (κ2) is 5.54. The highest BCUT2D eigenvalue weighted by molar-refractivity contribution is 7.92. The van der Waals surface area contributed by atoms with Crippen molar-refractivity contribution < 1.29 is 13.2 Å². The molecule has 0 amide bonds. The van der Waals surface area contributed by atoms with Gasteiger partial charge in [0.15, 0.2) is 0 Å². The van der Waals surface area contributed by atoms with E-state index >= 15 is 0 Å². The van der Waals surface area contributed by atoms with Gasteiger partial charge < -0.3 is 4.74 Å². The second-order valence-electron chi connectivity index (χ2n) is 4.37. The molecule has 2 rings (SSSR count). The molecular weight excluding hydrogens is 278 g/mol. The van der Waals surface area contributed by atoms with Gasteiger partial charge >= 0.3 is 0 Å². The lowest BCUT2D eigenvalue weighted by molar-refractivity contribution is 0.340. The molecule has 2 N–H and O–H groups in total. The molecule has 108 valence electrons. The van der Waals surface area contributed by atoms with Gasteiger partial charge in [-0.05, 0) is 44.5 Å². The van der Waals surface area contributed by atoms with Crippen molar-refractivity contribution in [3.05, 3.63) is 35.7 Å². The molecule has 0 aliphatic rings. The minimum Gasteiger partial charge on any atom is -0.494 e. The molecule has 0 radical (unpaired) electrons. The summed E-state index contributed by atoms with van der Waals surface area (Å²) in [6.45, 7) is 5.95. The van der Waals surface area contributed by atoms with Crippen LogP contribution in [0.3, 0.4) is 0 Å². The minimum atomic E-state index is -3.63. The smallest absolute Gasteiger partial charge is 0.265 e. The fraction of sp³-hybridized carbons (Fsp3) is 0.308. The average molecular weight is 295 g/mol. The number of hydrogen-bond donors (Lipinski definition) is 2. The number of anilines is 1. The molecule has 0 spiro atoms.